The SMILES string of the molecule is CCCOC(=O)CCC(=O)NC(=S)Nc1ccc(Cl)c(C(=O)NC2CCCCC2)c1. The maximum Gasteiger partial charge on any atom is 0.306 e. The Morgan fingerprint density at radius 1 is 1.17 bits per heavy atom. The standard InChI is InChI=1S/C21H28ClN3O4S/c1-2-12-29-19(27)11-10-18(26)25-21(30)24-15-8-9-17(22)16(13-15)20(28)23-14-6-4-3-5-7-14/h8-9,13-14H,2-7,10-12H2,1H3,(H,23,28)(H2,24,25,26,30). The number of nitrogens with one attached hydrogen (secondary N) is 3. The first kappa shape index (κ1) is 24.1. The molecule has 0 aliphatic heterocycles. The van der Waals surface area contributed by atoms with Crippen LogP contribution in [0, 0.1) is 0 Å². The van der Waals surface area contributed by atoms with Crippen LogP contribution in [-0.2, 0) is 14.3 Å². The van der Waals surface area contributed by atoms with Gasteiger partial charge in [0, 0.05) is 18.2 Å². The van der Waals surface area contributed by atoms with Gasteiger partial charge in [-0.1, -0.05) is 37.8 Å². The highest BCUT2D eigenvalue weighted by Crippen LogP contribution is 2.22. The molecule has 1 aliphatic carbocycles. The summed E-state index contributed by atoms with van der Waals surface area (Å²) in [5.74, 6) is -1.04. The van der Waals surface area contributed by atoms with E-state index in [1.165, 1.54) is 6.42 Å². The molecule has 0 spiro atoms. The van der Waals surface area contributed by atoms with Crippen LogP contribution >= 0.6 is 23.8 Å². The van der Waals surface area contributed by atoms with Crippen LogP contribution in [0.5, 0.6) is 0 Å². The first-order valence-corrected chi connectivity index (χ1v) is 11.0. The van der Waals surface area contributed by atoms with Gasteiger partial charge in [-0.15, -0.1) is 0 Å². The van der Waals surface area contributed by atoms with E-state index in [1.807, 2.05) is 6.92 Å². The molecule has 2 rings (SSSR count). The van der Waals surface area contributed by atoms with Crippen molar-refractivity contribution in [1.82, 2.24) is 10.6 Å². The lowest BCUT2D eigenvalue weighted by molar-refractivity contribution is -0.144. The summed E-state index contributed by atoms with van der Waals surface area (Å²) in [6.07, 6.45) is 6.08. The fourth-order valence-corrected chi connectivity index (χ4v) is 3.58. The van der Waals surface area contributed by atoms with Gasteiger partial charge in [-0.05, 0) is 49.7 Å². The lowest BCUT2D eigenvalue weighted by Crippen LogP contribution is -2.36. The molecular formula is C21H28ClN3O4S. The number of ether oxygens (including phenoxy) is 1. The first-order chi connectivity index (χ1) is 14.4. The maximum atomic E-state index is 12.6. The van der Waals surface area contributed by atoms with Crippen LogP contribution in [0.3, 0.4) is 0 Å². The predicted molar refractivity (Wildman–Crippen MR) is 121 cm³/mol. The number of benzene rings is 1. The van der Waals surface area contributed by atoms with E-state index in [0.717, 1.165) is 32.1 Å². The number of rotatable bonds is 8. The number of hydrogen-bond acceptors (Lipinski definition) is 5. The van der Waals surface area contributed by atoms with Crippen LogP contribution in [0.15, 0.2) is 18.2 Å². The Hall–Kier alpha value is -2.19. The van der Waals surface area contributed by atoms with Gasteiger partial charge in [-0.25, -0.2) is 0 Å². The molecule has 7 nitrogen and oxygen atoms in total. The third-order valence-corrected chi connectivity index (χ3v) is 5.22. The van der Waals surface area contributed by atoms with Gasteiger partial charge in [0.15, 0.2) is 5.11 Å². The topological polar surface area (TPSA) is 96.5 Å². The smallest absolute Gasteiger partial charge is 0.306 e. The molecule has 0 saturated heterocycles. The highest BCUT2D eigenvalue weighted by Gasteiger charge is 2.19. The van der Waals surface area contributed by atoms with Crippen molar-refractivity contribution in [1.29, 1.82) is 0 Å². The fraction of sp³-hybridized carbons (Fsp3) is 0.524. The number of esters is 1. The minimum Gasteiger partial charge on any atom is -0.466 e. The van der Waals surface area contributed by atoms with Gasteiger partial charge in [0.25, 0.3) is 5.91 Å². The Morgan fingerprint density at radius 3 is 2.60 bits per heavy atom. The Kier molecular flexibility index (Phi) is 10.0. The van der Waals surface area contributed by atoms with E-state index >= 15 is 0 Å². The van der Waals surface area contributed by atoms with Crippen molar-refractivity contribution in [2.75, 3.05) is 11.9 Å². The van der Waals surface area contributed by atoms with Crippen LogP contribution in [-0.4, -0.2) is 35.5 Å². The van der Waals surface area contributed by atoms with Crippen molar-refractivity contribution in [3.63, 3.8) is 0 Å². The summed E-state index contributed by atoms with van der Waals surface area (Å²) in [5, 5.41) is 8.82. The molecule has 0 aromatic heterocycles. The molecule has 0 atom stereocenters. The Balaban J connectivity index is 1.86. The highest BCUT2D eigenvalue weighted by molar-refractivity contribution is 7.80. The number of anilines is 1. The van der Waals surface area contributed by atoms with Gasteiger partial charge in [0.2, 0.25) is 5.91 Å². The fourth-order valence-electron chi connectivity index (χ4n) is 3.14. The number of hydrogen-bond donors (Lipinski definition) is 3. The summed E-state index contributed by atoms with van der Waals surface area (Å²) >= 11 is 11.3. The van der Waals surface area contributed by atoms with Crippen molar-refractivity contribution in [2.24, 2.45) is 0 Å². The summed E-state index contributed by atoms with van der Waals surface area (Å²) in [7, 11) is 0. The monoisotopic (exact) mass is 453 g/mol. The van der Waals surface area contributed by atoms with Crippen molar-refractivity contribution < 1.29 is 19.1 Å². The van der Waals surface area contributed by atoms with Gasteiger partial charge >= 0.3 is 5.97 Å². The number of carbonyl (C=O) groups excluding carboxylic acids is 3. The average Bonchev–Trinajstić information content (AvgIpc) is 2.72. The summed E-state index contributed by atoms with van der Waals surface area (Å²) in [6, 6.07) is 5.04. The zero-order chi connectivity index (χ0) is 21.9. The van der Waals surface area contributed by atoms with Gasteiger partial charge in [-0.2, -0.15) is 0 Å². The molecule has 1 aromatic carbocycles. The molecule has 0 unspecified atom stereocenters. The molecule has 0 bridgehead atoms. The molecule has 1 saturated carbocycles. The van der Waals surface area contributed by atoms with Crippen LogP contribution in [0.4, 0.5) is 5.69 Å². The lowest BCUT2D eigenvalue weighted by Gasteiger charge is -2.23. The molecule has 2 amide bonds. The van der Waals surface area contributed by atoms with E-state index in [1.54, 1.807) is 18.2 Å². The molecule has 9 heteroatoms. The van der Waals surface area contributed by atoms with Gasteiger partial charge in [-0.3, -0.25) is 14.4 Å². The van der Waals surface area contributed by atoms with Crippen LogP contribution in [0.1, 0.15) is 68.6 Å². The van der Waals surface area contributed by atoms with Crippen molar-refractivity contribution >= 4 is 52.4 Å². The van der Waals surface area contributed by atoms with Gasteiger partial charge in [0.05, 0.1) is 23.6 Å². The predicted octanol–water partition coefficient (Wildman–Crippen LogP) is 3.95. The zero-order valence-electron chi connectivity index (χ0n) is 17.1. The van der Waals surface area contributed by atoms with Crippen LogP contribution in [0.2, 0.25) is 5.02 Å². The van der Waals surface area contributed by atoms with Gasteiger partial charge in [0.1, 0.15) is 0 Å². The largest absolute Gasteiger partial charge is 0.466 e. The highest BCUT2D eigenvalue weighted by atomic mass is 35.5. The first-order valence-electron chi connectivity index (χ1n) is 10.3. The third kappa shape index (κ3) is 8.28. The Labute approximate surface area is 187 Å². The van der Waals surface area contributed by atoms with Crippen molar-refractivity contribution in [3.05, 3.63) is 28.8 Å². The van der Waals surface area contributed by atoms with E-state index in [0.29, 0.717) is 22.9 Å². The number of amides is 2. The summed E-state index contributed by atoms with van der Waals surface area (Å²) in [5.41, 5.74) is 0.876. The van der Waals surface area contributed by atoms with Crippen LogP contribution < -0.4 is 16.0 Å². The van der Waals surface area contributed by atoms with Crippen LogP contribution in [0.25, 0.3) is 0 Å². The van der Waals surface area contributed by atoms with Crippen molar-refractivity contribution in [3.8, 4) is 0 Å². The van der Waals surface area contributed by atoms with E-state index in [2.05, 4.69) is 16.0 Å². The zero-order valence-corrected chi connectivity index (χ0v) is 18.7. The molecule has 1 fully saturated rings. The third-order valence-electron chi connectivity index (χ3n) is 4.69. The normalized spacial score (nSPS) is 13.9. The molecule has 1 aromatic rings. The van der Waals surface area contributed by atoms with Crippen molar-refractivity contribution in [2.45, 2.75) is 64.3 Å². The molecule has 30 heavy (non-hydrogen) atoms. The quantitative estimate of drug-likeness (QED) is 0.407. The number of halogens is 1. The second-order valence-electron chi connectivity index (χ2n) is 7.23. The minimum atomic E-state index is -0.419. The van der Waals surface area contributed by atoms with E-state index < -0.39 is 11.9 Å². The van der Waals surface area contributed by atoms with E-state index in [-0.39, 0.29) is 29.9 Å². The molecule has 0 radical (unpaired) electrons. The summed E-state index contributed by atoms with van der Waals surface area (Å²) in [4.78, 5) is 36.0. The molecule has 0 heterocycles. The molecule has 164 valence electrons. The summed E-state index contributed by atoms with van der Waals surface area (Å²) in [6.45, 7) is 2.24. The minimum absolute atomic E-state index is 0.0130. The molecule has 3 N–H and O–H groups in total. The van der Waals surface area contributed by atoms with E-state index in [4.69, 9.17) is 28.6 Å². The number of carbonyl (C=O) groups is 3. The maximum absolute atomic E-state index is 12.6. The molecule has 1 aliphatic rings. The molecular weight excluding hydrogens is 426 g/mol. The Bertz CT molecular complexity index is 782. The van der Waals surface area contributed by atoms with Gasteiger partial charge < -0.3 is 20.7 Å². The summed E-state index contributed by atoms with van der Waals surface area (Å²) < 4.78 is 4.93. The van der Waals surface area contributed by atoms with E-state index in [9.17, 15) is 14.4 Å². The Morgan fingerprint density at radius 2 is 1.90 bits per heavy atom. The lowest BCUT2D eigenvalue weighted by atomic mass is 9.95. The second-order valence-corrected chi connectivity index (χ2v) is 8.04. The number of thiocarbonyl (C=S) groups is 1. The average molecular weight is 454 g/mol. The second kappa shape index (κ2) is 12.5.